The molecule has 14 nitrogen and oxygen atoms in total. The molecular weight excluding hydrogens is 745 g/mol. The summed E-state index contributed by atoms with van der Waals surface area (Å²) in [5.41, 5.74) is 8.14. The van der Waals surface area contributed by atoms with Crippen molar-refractivity contribution in [2.45, 2.75) is 51.7 Å². The van der Waals surface area contributed by atoms with Crippen LogP contribution >= 0.6 is 0 Å². The lowest BCUT2D eigenvalue weighted by Gasteiger charge is -2.18. The first-order valence-corrected chi connectivity index (χ1v) is 18.1. The van der Waals surface area contributed by atoms with Crippen molar-refractivity contribution < 1.29 is 48.5 Å². The van der Waals surface area contributed by atoms with E-state index < -0.39 is 53.7 Å². The number of ketones is 3. The molecule has 4 aromatic carbocycles. The number of nitrogens with two attached hydrogens (primary N) is 1. The van der Waals surface area contributed by atoms with Gasteiger partial charge in [0.25, 0.3) is 11.8 Å². The van der Waals surface area contributed by atoms with Gasteiger partial charge in [-0.1, -0.05) is 42.5 Å². The zero-order chi connectivity index (χ0) is 41.9. The van der Waals surface area contributed by atoms with E-state index in [0.29, 0.717) is 33.5 Å². The number of pyridine rings is 1. The van der Waals surface area contributed by atoms with Crippen LogP contribution in [0.3, 0.4) is 0 Å². The monoisotopic (exact) mass is 784 g/mol. The maximum Gasteiger partial charge on any atom is 0.335 e. The molecule has 0 spiro atoms. The topological polar surface area (TPSA) is 232 Å². The van der Waals surface area contributed by atoms with E-state index >= 15 is 0 Å². The lowest BCUT2D eigenvalue weighted by atomic mass is 9.95. The Kier molecular flexibility index (Phi) is 13.6. The molecule has 296 valence electrons. The number of anilines is 1. The molecule has 0 unspecified atom stereocenters. The van der Waals surface area contributed by atoms with Crippen molar-refractivity contribution >= 4 is 46.7 Å². The average molecular weight is 785 g/mol. The number of aromatic nitrogens is 1. The first kappa shape index (κ1) is 41.7. The van der Waals surface area contributed by atoms with Gasteiger partial charge in [-0.3, -0.25) is 33.8 Å². The summed E-state index contributed by atoms with van der Waals surface area (Å²) >= 11 is 0. The Morgan fingerprint density at radius 3 is 1.83 bits per heavy atom. The number of amides is 3. The fraction of sp³-hybridized carbons (Fsp3) is 0.182. The Labute approximate surface area is 333 Å². The van der Waals surface area contributed by atoms with Gasteiger partial charge in [0.15, 0.2) is 28.8 Å². The number of aromatic carboxylic acids is 1. The van der Waals surface area contributed by atoms with Crippen LogP contribution < -0.4 is 21.1 Å². The Hall–Kier alpha value is -7.48. The van der Waals surface area contributed by atoms with E-state index in [1.807, 2.05) is 0 Å². The summed E-state index contributed by atoms with van der Waals surface area (Å²) in [6, 6.07) is 22.8. The Morgan fingerprint density at radius 1 is 0.672 bits per heavy atom. The molecule has 5 rings (SSSR count). The number of carbonyl (C=O) groups excluding carboxylic acids is 6. The minimum absolute atomic E-state index is 0.0103. The standard InChI is InChI=1S/C44H40N4O10/c1-25(2)58-41-32(13-16-34(40(41)53)37(50)21-26-5-9-31(10-6-26)44(56)57)23-36(49)28-7-3-27(4-8-28)22-38(51)35(24-39(45)52)48-43(55)29-11-14-33(15-12-29)47-42(54)30-17-19-46-20-18-30/h3-20,25,35,53H,21-24H2,1-2H3,(H2,45,52)(H,47,54)(H,48,55)(H,56,57)/t35-/m0/s1. The second-order valence-electron chi connectivity index (χ2n) is 13.6. The van der Waals surface area contributed by atoms with Crippen LogP contribution in [-0.2, 0) is 28.9 Å². The number of hydrogen-bond acceptors (Lipinski definition) is 10. The van der Waals surface area contributed by atoms with Crippen molar-refractivity contribution in [2.75, 3.05) is 5.32 Å². The highest BCUT2D eigenvalue weighted by molar-refractivity contribution is 6.05. The molecule has 0 fully saturated rings. The number of carboxylic acid groups (broad SMARTS) is 1. The number of aromatic hydroxyl groups is 1. The van der Waals surface area contributed by atoms with E-state index in [2.05, 4.69) is 15.6 Å². The molecule has 0 aliphatic carbocycles. The molecule has 0 aliphatic heterocycles. The summed E-state index contributed by atoms with van der Waals surface area (Å²) in [6.07, 6.45) is 1.63. The third-order valence-electron chi connectivity index (χ3n) is 8.88. The molecule has 6 N–H and O–H groups in total. The fourth-order valence-corrected chi connectivity index (χ4v) is 5.90. The molecule has 1 heterocycles. The molecule has 58 heavy (non-hydrogen) atoms. The minimum Gasteiger partial charge on any atom is -0.504 e. The average Bonchev–Trinajstić information content (AvgIpc) is 3.19. The number of carboxylic acids is 1. The maximum atomic E-state index is 13.4. The van der Waals surface area contributed by atoms with E-state index in [-0.39, 0.29) is 53.4 Å². The first-order chi connectivity index (χ1) is 27.7. The number of rotatable bonds is 18. The van der Waals surface area contributed by atoms with Crippen molar-refractivity contribution in [1.29, 1.82) is 0 Å². The number of nitrogens with zero attached hydrogens (tertiary/aromatic N) is 1. The normalized spacial score (nSPS) is 11.3. The van der Waals surface area contributed by atoms with Crippen LogP contribution in [-0.4, -0.2) is 68.4 Å². The molecule has 0 saturated carbocycles. The number of Topliss-reactive ketones (excluding diaryl/α,β-unsaturated/α-hetero) is 3. The van der Waals surface area contributed by atoms with E-state index in [1.165, 1.54) is 85.2 Å². The summed E-state index contributed by atoms with van der Waals surface area (Å²) in [7, 11) is 0. The Bertz CT molecular complexity index is 2340. The summed E-state index contributed by atoms with van der Waals surface area (Å²) in [5, 5.41) is 25.6. The van der Waals surface area contributed by atoms with Gasteiger partial charge >= 0.3 is 5.97 Å². The summed E-state index contributed by atoms with van der Waals surface area (Å²) in [6.45, 7) is 3.46. The van der Waals surface area contributed by atoms with Crippen molar-refractivity contribution in [3.05, 3.63) is 154 Å². The number of nitrogens with one attached hydrogen (secondary N) is 2. The lowest BCUT2D eigenvalue weighted by Crippen LogP contribution is -2.44. The maximum absolute atomic E-state index is 13.4. The third-order valence-corrected chi connectivity index (χ3v) is 8.88. The summed E-state index contributed by atoms with van der Waals surface area (Å²) in [4.78, 5) is 92.3. The van der Waals surface area contributed by atoms with E-state index in [1.54, 1.807) is 38.1 Å². The number of carbonyl (C=O) groups is 7. The SMILES string of the molecule is CC(C)Oc1c(CC(=O)c2ccc(CC(=O)[C@H](CC(N)=O)NC(=O)c3ccc(NC(=O)c4ccncc4)cc3)cc2)ccc(C(=O)Cc2ccc(C(=O)O)cc2)c1O. The fourth-order valence-electron chi connectivity index (χ4n) is 5.90. The Balaban J connectivity index is 1.22. The number of ether oxygens (including phenoxy) is 1. The second-order valence-corrected chi connectivity index (χ2v) is 13.6. The van der Waals surface area contributed by atoms with Crippen LogP contribution in [0, 0.1) is 0 Å². The number of phenols is 1. The zero-order valence-electron chi connectivity index (χ0n) is 31.6. The molecule has 5 aromatic rings. The molecule has 3 amide bonds. The van der Waals surface area contributed by atoms with Crippen LogP contribution in [0.5, 0.6) is 11.5 Å². The van der Waals surface area contributed by atoms with Gasteiger partial charge in [0.1, 0.15) is 0 Å². The van der Waals surface area contributed by atoms with Crippen LogP contribution in [0.4, 0.5) is 5.69 Å². The molecule has 0 bridgehead atoms. The van der Waals surface area contributed by atoms with E-state index in [4.69, 9.17) is 15.6 Å². The van der Waals surface area contributed by atoms with E-state index in [0.717, 1.165) is 0 Å². The molecular formula is C44H40N4O10. The highest BCUT2D eigenvalue weighted by atomic mass is 16.5. The Morgan fingerprint density at radius 2 is 1.24 bits per heavy atom. The molecule has 0 radical (unpaired) electrons. The smallest absolute Gasteiger partial charge is 0.335 e. The molecule has 1 aromatic heterocycles. The summed E-state index contributed by atoms with van der Waals surface area (Å²) in [5.74, 6) is -4.60. The molecule has 0 saturated heterocycles. The van der Waals surface area contributed by atoms with Crippen molar-refractivity contribution in [3.63, 3.8) is 0 Å². The predicted molar refractivity (Wildman–Crippen MR) is 212 cm³/mol. The first-order valence-electron chi connectivity index (χ1n) is 18.1. The largest absolute Gasteiger partial charge is 0.504 e. The quantitative estimate of drug-likeness (QED) is 0.0728. The van der Waals surface area contributed by atoms with Crippen molar-refractivity contribution in [2.24, 2.45) is 5.73 Å². The van der Waals surface area contributed by atoms with Gasteiger partial charge in [-0.15, -0.1) is 0 Å². The summed E-state index contributed by atoms with van der Waals surface area (Å²) < 4.78 is 5.86. The van der Waals surface area contributed by atoms with Crippen LogP contribution in [0.1, 0.15) is 88.7 Å². The van der Waals surface area contributed by atoms with Gasteiger partial charge in [-0.2, -0.15) is 0 Å². The highest BCUT2D eigenvalue weighted by Crippen LogP contribution is 2.36. The third kappa shape index (κ3) is 11.1. The zero-order valence-corrected chi connectivity index (χ0v) is 31.6. The van der Waals surface area contributed by atoms with Crippen LogP contribution in [0.2, 0.25) is 0 Å². The van der Waals surface area contributed by atoms with Gasteiger partial charge < -0.3 is 31.3 Å². The number of phenolic OH excluding ortho intramolecular Hbond substituents is 1. The predicted octanol–water partition coefficient (Wildman–Crippen LogP) is 5.16. The van der Waals surface area contributed by atoms with Gasteiger partial charge in [0.05, 0.1) is 29.7 Å². The molecule has 14 heteroatoms. The number of benzene rings is 4. The number of hydrogen-bond donors (Lipinski definition) is 5. The second kappa shape index (κ2) is 18.9. The molecule has 0 aliphatic rings. The van der Waals surface area contributed by atoms with Crippen LogP contribution in [0.15, 0.2) is 109 Å². The van der Waals surface area contributed by atoms with Gasteiger partial charge in [0, 0.05) is 59.6 Å². The van der Waals surface area contributed by atoms with Crippen LogP contribution in [0.25, 0.3) is 0 Å². The van der Waals surface area contributed by atoms with Crippen molar-refractivity contribution in [3.8, 4) is 11.5 Å². The highest BCUT2D eigenvalue weighted by Gasteiger charge is 2.25. The van der Waals surface area contributed by atoms with Gasteiger partial charge in [-0.25, -0.2) is 4.79 Å². The minimum atomic E-state index is -1.24. The lowest BCUT2D eigenvalue weighted by molar-refractivity contribution is -0.125. The van der Waals surface area contributed by atoms with Gasteiger partial charge in [0.2, 0.25) is 5.91 Å². The molecule has 1 atom stereocenters. The van der Waals surface area contributed by atoms with Gasteiger partial charge in [-0.05, 0) is 79.6 Å². The van der Waals surface area contributed by atoms with Crippen molar-refractivity contribution in [1.82, 2.24) is 10.3 Å². The number of primary amides is 1. The van der Waals surface area contributed by atoms with E-state index in [9.17, 15) is 38.7 Å².